The number of aliphatic hydroxyl groups is 1. The van der Waals surface area contributed by atoms with Crippen LogP contribution in [0.5, 0.6) is 0 Å². The Morgan fingerprint density at radius 1 is 1.53 bits per heavy atom. The van der Waals surface area contributed by atoms with Gasteiger partial charge in [-0.3, -0.25) is 9.78 Å². The Morgan fingerprint density at radius 2 is 2.35 bits per heavy atom. The van der Waals surface area contributed by atoms with E-state index in [0.29, 0.717) is 17.2 Å². The molecule has 1 heterocycles. The van der Waals surface area contributed by atoms with Crippen LogP contribution in [0.1, 0.15) is 35.2 Å². The van der Waals surface area contributed by atoms with Crippen molar-refractivity contribution in [2.75, 3.05) is 6.61 Å². The maximum atomic E-state index is 11.8. The molecule has 0 bridgehead atoms. The molecule has 1 aliphatic carbocycles. The second-order valence-electron chi connectivity index (χ2n) is 4.02. The standard InChI is InChI=1S/C13H14N2O2/c16-6-2-3-10-7-11(9-14-8-10)13(17)15-12-4-1-5-12/h7-9,12,16H,1,4-6H2,(H,15,17). The third-order valence-corrected chi connectivity index (χ3v) is 2.75. The van der Waals surface area contributed by atoms with Gasteiger partial charge >= 0.3 is 0 Å². The Hall–Kier alpha value is -1.86. The summed E-state index contributed by atoms with van der Waals surface area (Å²) in [4.78, 5) is 15.8. The lowest BCUT2D eigenvalue weighted by molar-refractivity contribution is 0.0916. The van der Waals surface area contributed by atoms with Gasteiger partial charge in [-0.05, 0) is 25.3 Å². The van der Waals surface area contributed by atoms with Gasteiger partial charge in [0.1, 0.15) is 6.61 Å². The van der Waals surface area contributed by atoms with Crippen molar-refractivity contribution in [2.24, 2.45) is 0 Å². The molecule has 88 valence electrons. The second kappa shape index (κ2) is 5.46. The van der Waals surface area contributed by atoms with Gasteiger partial charge < -0.3 is 10.4 Å². The molecule has 0 spiro atoms. The van der Waals surface area contributed by atoms with Crippen LogP contribution in [0.4, 0.5) is 0 Å². The van der Waals surface area contributed by atoms with E-state index in [-0.39, 0.29) is 12.5 Å². The van der Waals surface area contributed by atoms with E-state index in [0.717, 1.165) is 12.8 Å². The third-order valence-electron chi connectivity index (χ3n) is 2.75. The minimum absolute atomic E-state index is 0.102. The maximum Gasteiger partial charge on any atom is 0.253 e. The Labute approximate surface area is 100 Å². The minimum Gasteiger partial charge on any atom is -0.384 e. The Kier molecular flexibility index (Phi) is 3.73. The molecule has 2 rings (SSSR count). The van der Waals surface area contributed by atoms with Gasteiger partial charge in [0.25, 0.3) is 5.91 Å². The first-order valence-corrected chi connectivity index (χ1v) is 5.65. The Bertz CT molecular complexity index is 470. The number of aliphatic hydroxyl groups excluding tert-OH is 1. The molecule has 1 aromatic rings. The van der Waals surface area contributed by atoms with Gasteiger partial charge in [-0.2, -0.15) is 0 Å². The van der Waals surface area contributed by atoms with Gasteiger partial charge in [0.05, 0.1) is 5.56 Å². The number of pyridine rings is 1. The summed E-state index contributed by atoms with van der Waals surface area (Å²) in [6.45, 7) is -0.196. The fourth-order valence-corrected chi connectivity index (χ4v) is 1.60. The second-order valence-corrected chi connectivity index (χ2v) is 4.02. The van der Waals surface area contributed by atoms with Gasteiger partial charge in [-0.15, -0.1) is 0 Å². The van der Waals surface area contributed by atoms with Crippen LogP contribution < -0.4 is 5.32 Å². The summed E-state index contributed by atoms with van der Waals surface area (Å²) in [5, 5.41) is 11.5. The van der Waals surface area contributed by atoms with Crippen molar-refractivity contribution in [3.63, 3.8) is 0 Å². The first-order chi connectivity index (χ1) is 8.29. The molecule has 0 atom stereocenters. The summed E-state index contributed by atoms with van der Waals surface area (Å²) in [5.41, 5.74) is 1.15. The Morgan fingerprint density at radius 3 is 3.00 bits per heavy atom. The molecule has 0 aromatic carbocycles. The first-order valence-electron chi connectivity index (χ1n) is 5.65. The molecular weight excluding hydrogens is 216 g/mol. The highest BCUT2D eigenvalue weighted by atomic mass is 16.2. The van der Waals surface area contributed by atoms with E-state index in [4.69, 9.17) is 5.11 Å². The highest BCUT2D eigenvalue weighted by molar-refractivity contribution is 5.94. The normalized spacial score (nSPS) is 14.4. The summed E-state index contributed by atoms with van der Waals surface area (Å²) >= 11 is 0. The zero-order valence-corrected chi connectivity index (χ0v) is 9.44. The first kappa shape index (κ1) is 11.6. The largest absolute Gasteiger partial charge is 0.384 e. The average molecular weight is 230 g/mol. The van der Waals surface area contributed by atoms with Gasteiger partial charge in [0.15, 0.2) is 0 Å². The molecule has 2 N–H and O–H groups in total. The molecule has 0 aliphatic heterocycles. The van der Waals surface area contributed by atoms with Crippen LogP contribution in [0.15, 0.2) is 18.5 Å². The number of rotatable bonds is 2. The van der Waals surface area contributed by atoms with Crippen LogP contribution in [-0.4, -0.2) is 28.6 Å². The monoisotopic (exact) mass is 230 g/mol. The van der Waals surface area contributed by atoms with Crippen molar-refractivity contribution in [1.29, 1.82) is 0 Å². The summed E-state index contributed by atoms with van der Waals surface area (Å²) in [7, 11) is 0. The fraction of sp³-hybridized carbons (Fsp3) is 0.385. The van der Waals surface area contributed by atoms with Crippen LogP contribution in [0.3, 0.4) is 0 Å². The molecule has 4 nitrogen and oxygen atoms in total. The smallest absolute Gasteiger partial charge is 0.253 e. The van der Waals surface area contributed by atoms with Crippen molar-refractivity contribution in [3.8, 4) is 11.8 Å². The lowest BCUT2D eigenvalue weighted by Crippen LogP contribution is -2.39. The molecule has 1 saturated carbocycles. The van der Waals surface area contributed by atoms with Crippen molar-refractivity contribution in [2.45, 2.75) is 25.3 Å². The predicted molar refractivity (Wildman–Crippen MR) is 63.3 cm³/mol. The number of hydrogen-bond acceptors (Lipinski definition) is 3. The molecule has 1 fully saturated rings. The quantitative estimate of drug-likeness (QED) is 0.735. The zero-order chi connectivity index (χ0) is 12.1. The molecular formula is C13H14N2O2. The van der Waals surface area contributed by atoms with Gasteiger partial charge in [-0.1, -0.05) is 11.8 Å². The lowest BCUT2D eigenvalue weighted by atomic mass is 9.93. The highest BCUT2D eigenvalue weighted by Gasteiger charge is 2.20. The number of nitrogens with one attached hydrogen (secondary N) is 1. The van der Waals surface area contributed by atoms with Crippen molar-refractivity contribution in [1.82, 2.24) is 10.3 Å². The summed E-state index contributed by atoms with van der Waals surface area (Å²) in [6.07, 6.45) is 6.40. The SMILES string of the molecule is O=C(NC1CCC1)c1cncc(C#CCO)c1. The van der Waals surface area contributed by atoms with E-state index in [1.807, 2.05) is 0 Å². The van der Waals surface area contributed by atoms with Crippen LogP contribution in [0, 0.1) is 11.8 Å². The molecule has 0 radical (unpaired) electrons. The predicted octanol–water partition coefficient (Wildman–Crippen LogP) is 0.708. The van der Waals surface area contributed by atoms with E-state index in [2.05, 4.69) is 22.1 Å². The Balaban J connectivity index is 2.06. The minimum atomic E-state index is -0.196. The number of nitrogens with zero attached hydrogens (tertiary/aromatic N) is 1. The highest BCUT2D eigenvalue weighted by Crippen LogP contribution is 2.18. The van der Waals surface area contributed by atoms with E-state index in [1.54, 1.807) is 12.3 Å². The van der Waals surface area contributed by atoms with E-state index in [9.17, 15) is 4.79 Å². The van der Waals surface area contributed by atoms with E-state index >= 15 is 0 Å². The van der Waals surface area contributed by atoms with E-state index in [1.165, 1.54) is 12.6 Å². The van der Waals surface area contributed by atoms with Crippen molar-refractivity contribution < 1.29 is 9.90 Å². The molecule has 1 aromatic heterocycles. The number of carbonyl (C=O) groups is 1. The molecule has 1 amide bonds. The third kappa shape index (κ3) is 3.05. The number of aromatic nitrogens is 1. The van der Waals surface area contributed by atoms with Crippen molar-refractivity contribution in [3.05, 3.63) is 29.6 Å². The number of amides is 1. The maximum absolute atomic E-state index is 11.8. The lowest BCUT2D eigenvalue weighted by Gasteiger charge is -2.26. The van der Waals surface area contributed by atoms with E-state index < -0.39 is 0 Å². The topological polar surface area (TPSA) is 62.2 Å². The molecule has 1 aliphatic rings. The van der Waals surface area contributed by atoms with Crippen LogP contribution >= 0.6 is 0 Å². The van der Waals surface area contributed by atoms with Crippen LogP contribution in [0.2, 0.25) is 0 Å². The fourth-order valence-electron chi connectivity index (χ4n) is 1.60. The molecule has 4 heteroatoms. The molecule has 0 unspecified atom stereocenters. The number of hydrogen-bond donors (Lipinski definition) is 2. The van der Waals surface area contributed by atoms with Crippen molar-refractivity contribution >= 4 is 5.91 Å². The van der Waals surface area contributed by atoms with Crippen LogP contribution in [-0.2, 0) is 0 Å². The zero-order valence-electron chi connectivity index (χ0n) is 9.44. The summed E-state index contributed by atoms with van der Waals surface area (Å²) in [6, 6.07) is 2.00. The van der Waals surface area contributed by atoms with Crippen LogP contribution in [0.25, 0.3) is 0 Å². The summed E-state index contributed by atoms with van der Waals surface area (Å²) < 4.78 is 0. The number of carbonyl (C=O) groups excluding carboxylic acids is 1. The molecule has 17 heavy (non-hydrogen) atoms. The van der Waals surface area contributed by atoms with Gasteiger partial charge in [-0.25, -0.2) is 0 Å². The molecule has 0 saturated heterocycles. The average Bonchev–Trinajstić information content (AvgIpc) is 2.31. The van der Waals surface area contributed by atoms with Gasteiger partial charge in [0.2, 0.25) is 0 Å². The van der Waals surface area contributed by atoms with Gasteiger partial charge in [0, 0.05) is 24.0 Å². The summed E-state index contributed by atoms with van der Waals surface area (Å²) in [5.74, 6) is 5.15.